The molecule has 1 aromatic carbocycles. The molecular weight excluding hydrogens is 281 g/mol. The molecule has 22 heavy (non-hydrogen) atoms. The van der Waals surface area contributed by atoms with Crippen LogP contribution in [0.5, 0.6) is 0 Å². The number of carbonyl (C=O) groups excluding carboxylic acids is 1. The molecule has 0 aliphatic carbocycles. The van der Waals surface area contributed by atoms with Gasteiger partial charge in [-0.15, -0.1) is 0 Å². The quantitative estimate of drug-likeness (QED) is 0.873. The maximum absolute atomic E-state index is 13.7. The predicted octanol–water partition coefficient (Wildman–Crippen LogP) is 1.89. The van der Waals surface area contributed by atoms with Crippen LogP contribution in [-0.2, 0) is 17.9 Å². The number of benzene rings is 1. The van der Waals surface area contributed by atoms with E-state index in [4.69, 9.17) is 0 Å². The van der Waals surface area contributed by atoms with E-state index in [1.54, 1.807) is 6.07 Å². The highest BCUT2D eigenvalue weighted by Crippen LogP contribution is 2.17. The SMILES string of the molecule is C[C@H]1C[C@@H](C(=O)NCc2ccc(F)c(CN(C)C)c2)CCN1. The molecule has 0 bridgehead atoms. The van der Waals surface area contributed by atoms with E-state index < -0.39 is 0 Å². The molecule has 0 unspecified atom stereocenters. The number of piperidine rings is 1. The number of hydrogen-bond donors (Lipinski definition) is 2. The minimum atomic E-state index is -0.198. The van der Waals surface area contributed by atoms with Crippen LogP contribution in [-0.4, -0.2) is 37.5 Å². The third-order valence-electron chi connectivity index (χ3n) is 4.06. The van der Waals surface area contributed by atoms with E-state index in [2.05, 4.69) is 17.6 Å². The van der Waals surface area contributed by atoms with E-state index in [0.29, 0.717) is 24.7 Å². The van der Waals surface area contributed by atoms with Crippen LogP contribution in [0.15, 0.2) is 18.2 Å². The normalized spacial score (nSPS) is 21.9. The van der Waals surface area contributed by atoms with Gasteiger partial charge in [0, 0.05) is 30.6 Å². The van der Waals surface area contributed by atoms with Crippen molar-refractivity contribution in [3.63, 3.8) is 0 Å². The van der Waals surface area contributed by atoms with Gasteiger partial charge in [-0.1, -0.05) is 6.07 Å². The monoisotopic (exact) mass is 307 g/mol. The molecule has 1 aliphatic heterocycles. The third-order valence-corrected chi connectivity index (χ3v) is 4.06. The minimum absolute atomic E-state index is 0.0814. The maximum atomic E-state index is 13.7. The first-order valence-electron chi connectivity index (χ1n) is 7.89. The number of nitrogens with one attached hydrogen (secondary N) is 2. The van der Waals surface area contributed by atoms with Gasteiger partial charge in [-0.05, 0) is 58.1 Å². The second-order valence-corrected chi connectivity index (χ2v) is 6.46. The molecule has 1 heterocycles. The van der Waals surface area contributed by atoms with Gasteiger partial charge in [0.15, 0.2) is 0 Å². The van der Waals surface area contributed by atoms with Gasteiger partial charge in [-0.25, -0.2) is 4.39 Å². The van der Waals surface area contributed by atoms with Gasteiger partial charge >= 0.3 is 0 Å². The van der Waals surface area contributed by atoms with Gasteiger partial charge in [-0.2, -0.15) is 0 Å². The Labute approximate surface area is 132 Å². The van der Waals surface area contributed by atoms with E-state index in [-0.39, 0.29) is 17.6 Å². The molecule has 1 amide bonds. The Morgan fingerprint density at radius 3 is 2.91 bits per heavy atom. The Hall–Kier alpha value is -1.46. The zero-order valence-electron chi connectivity index (χ0n) is 13.7. The molecular formula is C17H26FN3O. The molecule has 0 radical (unpaired) electrons. The second kappa shape index (κ2) is 7.70. The van der Waals surface area contributed by atoms with Gasteiger partial charge in [0.25, 0.3) is 0 Å². The summed E-state index contributed by atoms with van der Waals surface area (Å²) in [5, 5.41) is 6.33. The fourth-order valence-corrected chi connectivity index (χ4v) is 2.90. The van der Waals surface area contributed by atoms with Crippen molar-refractivity contribution in [1.29, 1.82) is 0 Å². The lowest BCUT2D eigenvalue weighted by molar-refractivity contribution is -0.126. The van der Waals surface area contributed by atoms with E-state index in [1.807, 2.05) is 25.1 Å². The third kappa shape index (κ3) is 4.78. The van der Waals surface area contributed by atoms with E-state index >= 15 is 0 Å². The summed E-state index contributed by atoms with van der Waals surface area (Å²) >= 11 is 0. The Morgan fingerprint density at radius 2 is 2.23 bits per heavy atom. The number of amides is 1. The molecule has 2 atom stereocenters. The average molecular weight is 307 g/mol. The Balaban J connectivity index is 1.92. The van der Waals surface area contributed by atoms with E-state index in [0.717, 1.165) is 24.9 Å². The summed E-state index contributed by atoms with van der Waals surface area (Å²) in [5.41, 5.74) is 1.60. The lowest BCUT2D eigenvalue weighted by Gasteiger charge is -2.27. The van der Waals surface area contributed by atoms with Crippen molar-refractivity contribution in [1.82, 2.24) is 15.5 Å². The van der Waals surface area contributed by atoms with Gasteiger partial charge < -0.3 is 15.5 Å². The van der Waals surface area contributed by atoms with Crippen LogP contribution in [0.2, 0.25) is 0 Å². The Morgan fingerprint density at radius 1 is 1.45 bits per heavy atom. The van der Waals surface area contributed by atoms with Crippen LogP contribution >= 0.6 is 0 Å². The Bertz CT molecular complexity index is 519. The maximum Gasteiger partial charge on any atom is 0.223 e. The molecule has 2 rings (SSSR count). The number of halogens is 1. The van der Waals surface area contributed by atoms with Gasteiger partial charge in [-0.3, -0.25) is 4.79 Å². The molecule has 4 nitrogen and oxygen atoms in total. The van der Waals surface area contributed by atoms with Crippen LogP contribution in [0.4, 0.5) is 4.39 Å². The van der Waals surface area contributed by atoms with Crippen molar-refractivity contribution in [3.8, 4) is 0 Å². The minimum Gasteiger partial charge on any atom is -0.352 e. The first-order valence-corrected chi connectivity index (χ1v) is 7.89. The van der Waals surface area contributed by atoms with Crippen molar-refractivity contribution in [2.45, 2.75) is 38.9 Å². The molecule has 5 heteroatoms. The zero-order valence-corrected chi connectivity index (χ0v) is 13.7. The number of nitrogens with zero attached hydrogens (tertiary/aromatic N) is 1. The number of hydrogen-bond acceptors (Lipinski definition) is 3. The van der Waals surface area contributed by atoms with E-state index in [9.17, 15) is 9.18 Å². The zero-order chi connectivity index (χ0) is 16.1. The fraction of sp³-hybridized carbons (Fsp3) is 0.588. The molecule has 1 aromatic rings. The number of carbonyl (C=O) groups is 1. The highest BCUT2D eigenvalue weighted by Gasteiger charge is 2.24. The predicted molar refractivity (Wildman–Crippen MR) is 85.8 cm³/mol. The standard InChI is InChI=1S/C17H26FN3O/c1-12-8-14(6-7-19-12)17(22)20-10-13-4-5-16(18)15(9-13)11-21(2)3/h4-5,9,12,14,19H,6-8,10-11H2,1-3H3,(H,20,22)/t12-,14-/m0/s1. The molecule has 1 saturated heterocycles. The lowest BCUT2D eigenvalue weighted by Crippen LogP contribution is -2.42. The van der Waals surface area contributed by atoms with Crippen LogP contribution in [0, 0.1) is 11.7 Å². The van der Waals surface area contributed by atoms with Crippen molar-refractivity contribution < 1.29 is 9.18 Å². The van der Waals surface area contributed by atoms with Crippen molar-refractivity contribution in [3.05, 3.63) is 35.1 Å². The average Bonchev–Trinajstić information content (AvgIpc) is 2.47. The van der Waals surface area contributed by atoms with Crippen LogP contribution in [0.3, 0.4) is 0 Å². The summed E-state index contributed by atoms with van der Waals surface area (Å²) < 4.78 is 13.7. The summed E-state index contributed by atoms with van der Waals surface area (Å²) in [7, 11) is 3.82. The summed E-state index contributed by atoms with van der Waals surface area (Å²) in [4.78, 5) is 14.2. The summed E-state index contributed by atoms with van der Waals surface area (Å²) in [6.45, 7) is 4.01. The lowest BCUT2D eigenvalue weighted by atomic mass is 9.92. The van der Waals surface area contributed by atoms with E-state index in [1.165, 1.54) is 6.07 Å². The second-order valence-electron chi connectivity index (χ2n) is 6.46. The van der Waals surface area contributed by atoms with Crippen molar-refractivity contribution in [2.24, 2.45) is 5.92 Å². The van der Waals surface area contributed by atoms with Crippen LogP contribution in [0.25, 0.3) is 0 Å². The molecule has 122 valence electrons. The van der Waals surface area contributed by atoms with Gasteiger partial charge in [0.2, 0.25) is 5.91 Å². The summed E-state index contributed by atoms with van der Waals surface area (Å²) in [6, 6.07) is 5.44. The molecule has 0 aromatic heterocycles. The largest absolute Gasteiger partial charge is 0.352 e. The first kappa shape index (κ1) is 16.9. The fourth-order valence-electron chi connectivity index (χ4n) is 2.90. The molecule has 0 saturated carbocycles. The summed E-state index contributed by atoms with van der Waals surface area (Å²) in [5.74, 6) is -0.0132. The topological polar surface area (TPSA) is 44.4 Å². The molecule has 0 spiro atoms. The van der Waals surface area contributed by atoms with Crippen LogP contribution in [0.1, 0.15) is 30.9 Å². The highest BCUT2D eigenvalue weighted by atomic mass is 19.1. The summed E-state index contributed by atoms with van der Waals surface area (Å²) in [6.07, 6.45) is 1.76. The molecule has 2 N–H and O–H groups in total. The number of rotatable bonds is 5. The Kier molecular flexibility index (Phi) is 5.91. The smallest absolute Gasteiger partial charge is 0.223 e. The van der Waals surface area contributed by atoms with Gasteiger partial charge in [0.05, 0.1) is 0 Å². The molecule has 1 aliphatic rings. The molecule has 1 fully saturated rings. The van der Waals surface area contributed by atoms with Gasteiger partial charge in [0.1, 0.15) is 5.82 Å². The van der Waals surface area contributed by atoms with Crippen LogP contribution < -0.4 is 10.6 Å². The first-order chi connectivity index (χ1) is 10.5. The highest BCUT2D eigenvalue weighted by molar-refractivity contribution is 5.78. The van der Waals surface area contributed by atoms with Crippen molar-refractivity contribution in [2.75, 3.05) is 20.6 Å². The van der Waals surface area contributed by atoms with Crippen molar-refractivity contribution >= 4 is 5.91 Å².